The SMILES string of the molecule is CN1CCC(N(C)CC2(O)CCNC2)C1=O. The Morgan fingerprint density at radius 2 is 2.44 bits per heavy atom. The van der Waals surface area contributed by atoms with E-state index in [9.17, 15) is 9.90 Å². The average molecular weight is 227 g/mol. The summed E-state index contributed by atoms with van der Waals surface area (Å²) in [4.78, 5) is 15.6. The van der Waals surface area contributed by atoms with E-state index in [-0.39, 0.29) is 11.9 Å². The molecule has 0 bridgehead atoms. The van der Waals surface area contributed by atoms with E-state index in [2.05, 4.69) is 5.32 Å². The first kappa shape index (κ1) is 11.8. The molecular weight excluding hydrogens is 206 g/mol. The molecule has 2 saturated heterocycles. The van der Waals surface area contributed by atoms with Crippen molar-refractivity contribution in [2.75, 3.05) is 40.3 Å². The fraction of sp³-hybridized carbons (Fsp3) is 0.909. The molecular formula is C11H21N3O2. The van der Waals surface area contributed by atoms with Crippen molar-refractivity contribution in [1.82, 2.24) is 15.1 Å². The highest BCUT2D eigenvalue weighted by Crippen LogP contribution is 2.20. The molecule has 0 aromatic rings. The van der Waals surface area contributed by atoms with Crippen LogP contribution in [0, 0.1) is 0 Å². The van der Waals surface area contributed by atoms with Gasteiger partial charge in [0.2, 0.25) is 5.91 Å². The van der Waals surface area contributed by atoms with E-state index in [1.807, 2.05) is 19.0 Å². The van der Waals surface area contributed by atoms with Crippen LogP contribution in [0.5, 0.6) is 0 Å². The van der Waals surface area contributed by atoms with Gasteiger partial charge >= 0.3 is 0 Å². The minimum Gasteiger partial charge on any atom is -0.387 e. The zero-order valence-electron chi connectivity index (χ0n) is 10.1. The number of carbonyl (C=O) groups excluding carboxylic acids is 1. The molecule has 0 aliphatic carbocycles. The fourth-order valence-corrected chi connectivity index (χ4v) is 2.65. The molecule has 0 saturated carbocycles. The number of rotatable bonds is 3. The van der Waals surface area contributed by atoms with E-state index in [4.69, 9.17) is 0 Å². The summed E-state index contributed by atoms with van der Waals surface area (Å²) in [5.41, 5.74) is -0.657. The quantitative estimate of drug-likeness (QED) is 0.641. The van der Waals surface area contributed by atoms with Gasteiger partial charge in [-0.25, -0.2) is 0 Å². The lowest BCUT2D eigenvalue weighted by atomic mass is 10.0. The van der Waals surface area contributed by atoms with Crippen LogP contribution in [-0.4, -0.2) is 72.7 Å². The van der Waals surface area contributed by atoms with Crippen molar-refractivity contribution in [3.05, 3.63) is 0 Å². The van der Waals surface area contributed by atoms with Crippen LogP contribution in [0.1, 0.15) is 12.8 Å². The summed E-state index contributed by atoms with van der Waals surface area (Å²) in [5.74, 6) is 0.178. The fourth-order valence-electron chi connectivity index (χ4n) is 2.65. The summed E-state index contributed by atoms with van der Waals surface area (Å²) in [7, 11) is 3.76. The van der Waals surface area contributed by atoms with Crippen LogP contribution in [-0.2, 0) is 4.79 Å². The van der Waals surface area contributed by atoms with E-state index in [1.54, 1.807) is 4.90 Å². The maximum Gasteiger partial charge on any atom is 0.239 e. The number of likely N-dealkylation sites (N-methyl/N-ethyl adjacent to an activating group) is 2. The Hall–Kier alpha value is -0.650. The molecule has 2 heterocycles. The van der Waals surface area contributed by atoms with Crippen molar-refractivity contribution in [3.8, 4) is 0 Å². The van der Waals surface area contributed by atoms with Gasteiger partial charge in [-0.2, -0.15) is 0 Å². The largest absolute Gasteiger partial charge is 0.387 e. The van der Waals surface area contributed by atoms with Crippen LogP contribution in [0.15, 0.2) is 0 Å². The Morgan fingerprint density at radius 1 is 1.69 bits per heavy atom. The van der Waals surface area contributed by atoms with Crippen LogP contribution in [0.3, 0.4) is 0 Å². The van der Waals surface area contributed by atoms with Crippen LogP contribution >= 0.6 is 0 Å². The molecule has 2 unspecified atom stereocenters. The minimum absolute atomic E-state index is 0.0466. The summed E-state index contributed by atoms with van der Waals surface area (Å²) >= 11 is 0. The van der Waals surface area contributed by atoms with Gasteiger partial charge in [-0.1, -0.05) is 0 Å². The van der Waals surface area contributed by atoms with Crippen molar-refractivity contribution in [2.45, 2.75) is 24.5 Å². The number of nitrogens with zero attached hydrogens (tertiary/aromatic N) is 2. The minimum atomic E-state index is -0.657. The predicted molar refractivity (Wildman–Crippen MR) is 61.1 cm³/mol. The Kier molecular flexibility index (Phi) is 3.19. The van der Waals surface area contributed by atoms with Gasteiger partial charge in [-0.15, -0.1) is 0 Å². The molecule has 2 N–H and O–H groups in total. The Bertz CT molecular complexity index is 276. The second-order valence-electron chi connectivity index (χ2n) is 5.13. The first-order valence-corrected chi connectivity index (χ1v) is 5.90. The van der Waals surface area contributed by atoms with Crippen molar-refractivity contribution >= 4 is 5.91 Å². The maximum absolute atomic E-state index is 11.8. The van der Waals surface area contributed by atoms with Crippen molar-refractivity contribution in [1.29, 1.82) is 0 Å². The average Bonchev–Trinajstić information content (AvgIpc) is 2.76. The van der Waals surface area contributed by atoms with Crippen LogP contribution in [0.4, 0.5) is 0 Å². The third-order valence-corrected chi connectivity index (χ3v) is 3.70. The molecule has 16 heavy (non-hydrogen) atoms. The first-order chi connectivity index (χ1) is 7.52. The molecule has 1 amide bonds. The van der Waals surface area contributed by atoms with E-state index in [0.29, 0.717) is 13.1 Å². The van der Waals surface area contributed by atoms with Crippen LogP contribution in [0.25, 0.3) is 0 Å². The van der Waals surface area contributed by atoms with Gasteiger partial charge in [0.05, 0.1) is 11.6 Å². The number of likely N-dealkylation sites (tertiary alicyclic amines) is 1. The zero-order valence-corrected chi connectivity index (χ0v) is 10.1. The third-order valence-electron chi connectivity index (χ3n) is 3.70. The second kappa shape index (κ2) is 4.31. The summed E-state index contributed by atoms with van der Waals surface area (Å²) < 4.78 is 0. The topological polar surface area (TPSA) is 55.8 Å². The molecule has 0 radical (unpaired) electrons. The first-order valence-electron chi connectivity index (χ1n) is 5.90. The smallest absolute Gasteiger partial charge is 0.239 e. The van der Waals surface area contributed by atoms with Gasteiger partial charge in [0, 0.05) is 26.7 Å². The third kappa shape index (κ3) is 2.21. The normalized spacial score (nSPS) is 35.4. The molecule has 0 aromatic carbocycles. The molecule has 5 heteroatoms. The number of aliphatic hydroxyl groups is 1. The molecule has 2 atom stereocenters. The highest BCUT2D eigenvalue weighted by atomic mass is 16.3. The van der Waals surface area contributed by atoms with Gasteiger partial charge in [0.25, 0.3) is 0 Å². The van der Waals surface area contributed by atoms with Gasteiger partial charge in [0.1, 0.15) is 0 Å². The molecule has 2 rings (SSSR count). The number of nitrogens with one attached hydrogen (secondary N) is 1. The standard InChI is InChI=1S/C11H21N3O2/c1-13-6-3-9(10(13)15)14(2)8-11(16)4-5-12-7-11/h9,12,16H,3-8H2,1-2H3. The maximum atomic E-state index is 11.8. The summed E-state index contributed by atoms with van der Waals surface area (Å²) in [6.07, 6.45) is 1.64. The van der Waals surface area contributed by atoms with Crippen molar-refractivity contribution in [2.24, 2.45) is 0 Å². The monoisotopic (exact) mass is 227 g/mol. The molecule has 2 fully saturated rings. The highest BCUT2D eigenvalue weighted by molar-refractivity contribution is 5.83. The number of hydrogen-bond donors (Lipinski definition) is 2. The molecule has 92 valence electrons. The lowest BCUT2D eigenvalue weighted by Gasteiger charge is -2.31. The summed E-state index contributed by atoms with van der Waals surface area (Å²) in [6, 6.07) is -0.0466. The Balaban J connectivity index is 1.93. The molecule has 0 aromatic heterocycles. The van der Waals surface area contributed by atoms with Crippen LogP contribution in [0.2, 0.25) is 0 Å². The Labute approximate surface area is 96.4 Å². The Morgan fingerprint density at radius 3 is 2.94 bits per heavy atom. The lowest BCUT2D eigenvalue weighted by Crippen LogP contribution is -2.48. The van der Waals surface area contributed by atoms with Gasteiger partial charge in [0.15, 0.2) is 0 Å². The second-order valence-corrected chi connectivity index (χ2v) is 5.13. The molecule has 2 aliphatic heterocycles. The zero-order chi connectivity index (χ0) is 11.8. The molecule has 2 aliphatic rings. The number of β-amino-alcohol motifs (C(OH)–C–C–N with tert-alkyl or cyclic N) is 1. The number of hydrogen-bond acceptors (Lipinski definition) is 4. The van der Waals surface area contributed by atoms with Crippen LogP contribution < -0.4 is 5.32 Å². The summed E-state index contributed by atoms with van der Waals surface area (Å²) in [6.45, 7) is 2.89. The van der Waals surface area contributed by atoms with Crippen molar-refractivity contribution in [3.63, 3.8) is 0 Å². The van der Waals surface area contributed by atoms with Crippen molar-refractivity contribution < 1.29 is 9.90 Å². The highest BCUT2D eigenvalue weighted by Gasteiger charge is 2.38. The number of carbonyl (C=O) groups is 1. The number of amides is 1. The predicted octanol–water partition coefficient (Wildman–Crippen LogP) is -1.13. The van der Waals surface area contributed by atoms with Gasteiger partial charge in [-0.3, -0.25) is 9.69 Å². The van der Waals surface area contributed by atoms with Gasteiger partial charge < -0.3 is 15.3 Å². The van der Waals surface area contributed by atoms with E-state index in [1.165, 1.54) is 0 Å². The van der Waals surface area contributed by atoms with E-state index in [0.717, 1.165) is 25.9 Å². The summed E-state index contributed by atoms with van der Waals surface area (Å²) in [5, 5.41) is 13.4. The van der Waals surface area contributed by atoms with E-state index < -0.39 is 5.60 Å². The van der Waals surface area contributed by atoms with E-state index >= 15 is 0 Å². The van der Waals surface area contributed by atoms with Gasteiger partial charge in [-0.05, 0) is 26.4 Å². The molecule has 0 spiro atoms. The lowest BCUT2D eigenvalue weighted by molar-refractivity contribution is -0.131. The molecule has 5 nitrogen and oxygen atoms in total.